The van der Waals surface area contributed by atoms with Crippen molar-refractivity contribution in [3.05, 3.63) is 40.9 Å². The molecule has 1 saturated heterocycles. The Balaban J connectivity index is 1.39. The van der Waals surface area contributed by atoms with Gasteiger partial charge in [0.15, 0.2) is 0 Å². The number of para-hydroxylation sites is 1. The molecule has 0 atom stereocenters. The van der Waals surface area contributed by atoms with Crippen LogP contribution in [0.15, 0.2) is 24.3 Å². The third-order valence-electron chi connectivity index (χ3n) is 5.99. The maximum Gasteiger partial charge on any atom is 0.410 e. The quantitative estimate of drug-likeness (QED) is 0.637. The molecule has 4 rings (SSSR count). The van der Waals surface area contributed by atoms with E-state index in [9.17, 15) is 9.59 Å². The first kappa shape index (κ1) is 23.5. The molecule has 0 N–H and O–H groups in total. The SMILES string of the molecule is CN(CC1CCN(C(=O)c2nc(C3CC3)n(-c3ccccc3Cl)n2)CC1)C(=O)OC(C)(C)C. The molecule has 2 heterocycles. The molecule has 2 aliphatic rings. The van der Waals surface area contributed by atoms with Gasteiger partial charge in [0.2, 0.25) is 5.82 Å². The fourth-order valence-corrected chi connectivity index (χ4v) is 4.30. The smallest absolute Gasteiger partial charge is 0.410 e. The van der Waals surface area contributed by atoms with Crippen LogP contribution >= 0.6 is 11.6 Å². The first-order valence-electron chi connectivity index (χ1n) is 11.6. The summed E-state index contributed by atoms with van der Waals surface area (Å²) in [6, 6.07) is 7.48. The van der Waals surface area contributed by atoms with Crippen LogP contribution in [0.5, 0.6) is 0 Å². The van der Waals surface area contributed by atoms with E-state index in [1.165, 1.54) is 0 Å². The number of aromatic nitrogens is 3. The van der Waals surface area contributed by atoms with E-state index < -0.39 is 5.60 Å². The number of ether oxygens (including phenoxy) is 1. The summed E-state index contributed by atoms with van der Waals surface area (Å²) in [5, 5.41) is 5.14. The van der Waals surface area contributed by atoms with Crippen molar-refractivity contribution in [3.63, 3.8) is 0 Å². The van der Waals surface area contributed by atoms with Crippen molar-refractivity contribution in [2.24, 2.45) is 5.92 Å². The van der Waals surface area contributed by atoms with E-state index in [4.69, 9.17) is 16.3 Å². The minimum Gasteiger partial charge on any atom is -0.444 e. The second-order valence-electron chi connectivity index (χ2n) is 10.0. The molecule has 0 radical (unpaired) electrons. The summed E-state index contributed by atoms with van der Waals surface area (Å²) in [6.45, 7) is 7.42. The minimum absolute atomic E-state index is 0.151. The summed E-state index contributed by atoms with van der Waals surface area (Å²) < 4.78 is 7.17. The molecule has 2 amide bonds. The molecule has 9 heteroatoms. The van der Waals surface area contributed by atoms with Gasteiger partial charge in [0.05, 0.1) is 10.7 Å². The van der Waals surface area contributed by atoms with E-state index in [-0.39, 0.29) is 17.8 Å². The molecule has 33 heavy (non-hydrogen) atoms. The van der Waals surface area contributed by atoms with Crippen molar-refractivity contribution in [1.29, 1.82) is 0 Å². The number of benzene rings is 1. The van der Waals surface area contributed by atoms with Gasteiger partial charge in [-0.15, -0.1) is 5.10 Å². The summed E-state index contributed by atoms with van der Waals surface area (Å²) in [6.07, 6.45) is 3.42. The van der Waals surface area contributed by atoms with Gasteiger partial charge in [-0.1, -0.05) is 23.7 Å². The predicted octanol–water partition coefficient (Wildman–Crippen LogP) is 4.52. The molecule has 0 bridgehead atoms. The Morgan fingerprint density at radius 2 is 1.82 bits per heavy atom. The second-order valence-corrected chi connectivity index (χ2v) is 10.4. The van der Waals surface area contributed by atoms with E-state index in [2.05, 4.69) is 10.1 Å². The van der Waals surface area contributed by atoms with E-state index in [1.54, 1.807) is 16.6 Å². The summed E-state index contributed by atoms with van der Waals surface area (Å²) in [5.41, 5.74) is 0.234. The fraction of sp³-hybridized carbons (Fsp3) is 0.583. The van der Waals surface area contributed by atoms with E-state index in [0.717, 1.165) is 37.2 Å². The number of carbonyl (C=O) groups excluding carboxylic acids is 2. The number of likely N-dealkylation sites (tertiary alicyclic amines) is 1. The van der Waals surface area contributed by atoms with Gasteiger partial charge >= 0.3 is 6.09 Å². The molecule has 178 valence electrons. The van der Waals surface area contributed by atoms with Crippen molar-refractivity contribution in [2.45, 2.75) is 58.0 Å². The second kappa shape index (κ2) is 9.33. The van der Waals surface area contributed by atoms with Gasteiger partial charge in [-0.05, 0) is 64.5 Å². The molecule has 1 aromatic carbocycles. The third kappa shape index (κ3) is 5.66. The maximum absolute atomic E-state index is 13.2. The molecular weight excluding hydrogens is 442 g/mol. The highest BCUT2D eigenvalue weighted by Gasteiger charge is 2.34. The average molecular weight is 474 g/mol. The Morgan fingerprint density at radius 3 is 2.42 bits per heavy atom. The zero-order chi connectivity index (χ0) is 23.8. The lowest BCUT2D eigenvalue weighted by molar-refractivity contribution is 0.0245. The summed E-state index contributed by atoms with van der Waals surface area (Å²) >= 11 is 6.39. The molecule has 1 aliphatic heterocycles. The third-order valence-corrected chi connectivity index (χ3v) is 6.31. The summed E-state index contributed by atoms with van der Waals surface area (Å²) in [5.74, 6) is 1.52. The van der Waals surface area contributed by atoms with Crippen LogP contribution in [0.1, 0.15) is 68.8 Å². The maximum atomic E-state index is 13.2. The monoisotopic (exact) mass is 473 g/mol. The van der Waals surface area contributed by atoms with Gasteiger partial charge in [-0.3, -0.25) is 4.79 Å². The number of halogens is 1. The molecule has 1 saturated carbocycles. The topological polar surface area (TPSA) is 80.6 Å². The average Bonchev–Trinajstić information content (AvgIpc) is 3.51. The van der Waals surface area contributed by atoms with Gasteiger partial charge in [-0.2, -0.15) is 0 Å². The number of hydrogen-bond donors (Lipinski definition) is 0. The highest BCUT2D eigenvalue weighted by molar-refractivity contribution is 6.32. The van der Waals surface area contributed by atoms with Gasteiger partial charge in [0, 0.05) is 32.6 Å². The van der Waals surface area contributed by atoms with E-state index in [0.29, 0.717) is 36.5 Å². The largest absolute Gasteiger partial charge is 0.444 e. The Labute approximate surface area is 199 Å². The molecule has 1 aromatic heterocycles. The Kier molecular flexibility index (Phi) is 6.66. The number of amides is 2. The van der Waals surface area contributed by atoms with Crippen LogP contribution in [0.4, 0.5) is 4.79 Å². The predicted molar refractivity (Wildman–Crippen MR) is 126 cm³/mol. The molecule has 0 spiro atoms. The number of carbonyl (C=O) groups is 2. The number of rotatable bonds is 5. The zero-order valence-corrected chi connectivity index (χ0v) is 20.5. The number of piperidine rings is 1. The molecule has 2 aromatic rings. The molecule has 2 fully saturated rings. The molecular formula is C24H32ClN5O3. The van der Waals surface area contributed by atoms with Gasteiger partial charge in [0.1, 0.15) is 11.4 Å². The van der Waals surface area contributed by atoms with Crippen molar-refractivity contribution in [1.82, 2.24) is 24.6 Å². The first-order valence-corrected chi connectivity index (χ1v) is 12.0. The van der Waals surface area contributed by atoms with Crippen LogP contribution in [0.3, 0.4) is 0 Å². The number of nitrogens with zero attached hydrogens (tertiary/aromatic N) is 5. The molecule has 1 aliphatic carbocycles. The van der Waals surface area contributed by atoms with E-state index >= 15 is 0 Å². The Morgan fingerprint density at radius 1 is 1.15 bits per heavy atom. The normalized spacial score (nSPS) is 17.2. The van der Waals surface area contributed by atoms with Crippen LogP contribution in [0.2, 0.25) is 5.02 Å². The lowest BCUT2D eigenvalue weighted by Crippen LogP contribution is -2.43. The first-order chi connectivity index (χ1) is 15.6. The van der Waals surface area contributed by atoms with Gasteiger partial charge in [-0.25, -0.2) is 14.5 Å². The lowest BCUT2D eigenvalue weighted by atomic mass is 9.96. The van der Waals surface area contributed by atoms with Crippen LogP contribution in [-0.2, 0) is 4.74 Å². The van der Waals surface area contributed by atoms with Crippen molar-refractivity contribution in [3.8, 4) is 5.69 Å². The van der Waals surface area contributed by atoms with E-state index in [1.807, 2.05) is 49.9 Å². The zero-order valence-electron chi connectivity index (χ0n) is 19.8. The Bertz CT molecular complexity index is 1020. The molecule has 0 unspecified atom stereocenters. The lowest BCUT2D eigenvalue weighted by Gasteiger charge is -2.33. The summed E-state index contributed by atoms with van der Waals surface area (Å²) in [4.78, 5) is 33.5. The highest BCUT2D eigenvalue weighted by Crippen LogP contribution is 2.40. The number of hydrogen-bond acceptors (Lipinski definition) is 5. The van der Waals surface area contributed by atoms with Crippen molar-refractivity contribution < 1.29 is 14.3 Å². The summed E-state index contributed by atoms with van der Waals surface area (Å²) in [7, 11) is 1.76. The minimum atomic E-state index is -0.513. The highest BCUT2D eigenvalue weighted by atomic mass is 35.5. The van der Waals surface area contributed by atoms with Gasteiger partial charge in [0.25, 0.3) is 5.91 Å². The Hall–Kier alpha value is -2.61. The standard InChI is InChI=1S/C24H32ClN5O3/c1-24(2,3)33-23(32)28(4)15-16-11-13-29(14-12-16)22(31)20-26-21(17-9-10-17)30(27-20)19-8-6-5-7-18(19)25/h5-8,16-17H,9-15H2,1-4H3. The van der Waals surface area contributed by atoms with Crippen molar-refractivity contribution >= 4 is 23.6 Å². The van der Waals surface area contributed by atoms with Crippen LogP contribution in [-0.4, -0.2) is 68.8 Å². The van der Waals surface area contributed by atoms with Crippen molar-refractivity contribution in [2.75, 3.05) is 26.7 Å². The van der Waals surface area contributed by atoms with Crippen LogP contribution in [0, 0.1) is 5.92 Å². The van der Waals surface area contributed by atoms with Crippen LogP contribution < -0.4 is 0 Å². The van der Waals surface area contributed by atoms with Gasteiger partial charge < -0.3 is 14.5 Å². The van der Waals surface area contributed by atoms with Crippen LogP contribution in [0.25, 0.3) is 5.69 Å². The molecule has 8 nitrogen and oxygen atoms in total. The fourth-order valence-electron chi connectivity index (χ4n) is 4.08.